The van der Waals surface area contributed by atoms with E-state index in [-0.39, 0.29) is 0 Å². The molecule has 0 bridgehead atoms. The molecule has 0 aromatic heterocycles. The van der Waals surface area contributed by atoms with Crippen molar-refractivity contribution in [2.75, 3.05) is 0 Å². The lowest BCUT2D eigenvalue weighted by atomic mass is 9.66. The second kappa shape index (κ2) is 8.00. The van der Waals surface area contributed by atoms with Gasteiger partial charge in [0.25, 0.3) is 0 Å². The van der Waals surface area contributed by atoms with Gasteiger partial charge in [-0.15, -0.1) is 0 Å². The molecular weight excluding hydrogens is 259 g/mol. The van der Waals surface area contributed by atoms with Crippen molar-refractivity contribution in [2.24, 2.45) is 0 Å². The molecule has 1 aliphatic carbocycles. The first kappa shape index (κ1) is 16.6. The van der Waals surface area contributed by atoms with Crippen molar-refractivity contribution in [1.29, 1.82) is 0 Å². The Labute approximate surface area is 129 Å². The van der Waals surface area contributed by atoms with Crippen molar-refractivity contribution < 1.29 is 10.0 Å². The zero-order valence-corrected chi connectivity index (χ0v) is 13.4. The highest BCUT2D eigenvalue weighted by molar-refractivity contribution is 6.40. The molecule has 0 saturated heterocycles. The topological polar surface area (TPSA) is 40.5 Å². The van der Waals surface area contributed by atoms with Crippen molar-refractivity contribution >= 4 is 7.12 Å². The van der Waals surface area contributed by atoms with Gasteiger partial charge in [-0.05, 0) is 30.2 Å². The molecule has 1 aliphatic rings. The van der Waals surface area contributed by atoms with Crippen LogP contribution < -0.4 is 0 Å². The van der Waals surface area contributed by atoms with Crippen LogP contribution in [0.3, 0.4) is 0 Å². The summed E-state index contributed by atoms with van der Waals surface area (Å²) < 4.78 is 0. The van der Waals surface area contributed by atoms with Gasteiger partial charge >= 0.3 is 7.12 Å². The second-order valence-corrected chi connectivity index (χ2v) is 6.68. The van der Waals surface area contributed by atoms with Gasteiger partial charge in [0.05, 0.1) is 0 Å². The molecule has 0 aliphatic heterocycles. The Hall–Kier alpha value is -0.795. The van der Waals surface area contributed by atoms with E-state index in [1.807, 2.05) is 0 Å². The van der Waals surface area contributed by atoms with E-state index < -0.39 is 7.12 Å². The summed E-state index contributed by atoms with van der Waals surface area (Å²) in [6.07, 6.45) is 12.3. The highest BCUT2D eigenvalue weighted by Crippen LogP contribution is 2.43. The minimum absolute atomic E-state index is 0.323. The van der Waals surface area contributed by atoms with Crippen LogP contribution in [0.5, 0.6) is 0 Å². The predicted molar refractivity (Wildman–Crippen MR) is 89.2 cm³/mol. The molecule has 1 aromatic rings. The molecule has 1 fully saturated rings. The Morgan fingerprint density at radius 2 is 1.67 bits per heavy atom. The Balaban J connectivity index is 2.12. The number of hydrogen-bond donors (Lipinski definition) is 2. The van der Waals surface area contributed by atoms with Crippen LogP contribution in [0, 0.1) is 0 Å². The van der Waals surface area contributed by atoms with E-state index in [0.717, 1.165) is 5.56 Å². The van der Waals surface area contributed by atoms with Crippen LogP contribution in [0.1, 0.15) is 75.8 Å². The third-order valence-corrected chi connectivity index (χ3v) is 5.05. The molecule has 2 rings (SSSR count). The summed E-state index contributed by atoms with van der Waals surface area (Å²) in [6.45, 7) is 2.27. The van der Waals surface area contributed by atoms with Gasteiger partial charge in [-0.1, -0.05) is 75.3 Å². The van der Waals surface area contributed by atoms with Crippen LogP contribution in [-0.4, -0.2) is 17.2 Å². The van der Waals surface area contributed by atoms with Gasteiger partial charge in [-0.25, -0.2) is 0 Å². The summed E-state index contributed by atoms with van der Waals surface area (Å²) in [7, 11) is -1.25. The quantitative estimate of drug-likeness (QED) is 0.587. The van der Waals surface area contributed by atoms with Crippen LogP contribution in [0.2, 0.25) is 0 Å². The average molecular weight is 288 g/mol. The van der Waals surface area contributed by atoms with Crippen molar-refractivity contribution in [2.45, 2.75) is 76.4 Å². The van der Waals surface area contributed by atoms with Crippen molar-refractivity contribution in [3.63, 3.8) is 0 Å². The molecule has 1 aromatic carbocycles. The smallest absolute Gasteiger partial charge is 0.427 e. The fraction of sp³-hybridized carbons (Fsp3) is 0.667. The van der Waals surface area contributed by atoms with E-state index in [9.17, 15) is 0 Å². The molecule has 0 amide bonds. The van der Waals surface area contributed by atoms with Crippen molar-refractivity contribution in [3.05, 3.63) is 35.4 Å². The van der Waals surface area contributed by atoms with E-state index in [1.165, 1.54) is 63.4 Å². The lowest BCUT2D eigenvalue weighted by molar-refractivity contribution is 0.266. The summed E-state index contributed by atoms with van der Waals surface area (Å²) in [4.78, 5) is 0. The molecule has 2 nitrogen and oxygen atoms in total. The SMILES string of the molecule is CCCCCC1(c2ccc(CB(O)O)cc2)CCCCC1. The molecule has 2 N–H and O–H groups in total. The van der Waals surface area contributed by atoms with Crippen molar-refractivity contribution in [1.82, 2.24) is 0 Å². The molecule has 21 heavy (non-hydrogen) atoms. The van der Waals surface area contributed by atoms with Gasteiger partial charge in [0.15, 0.2) is 0 Å². The number of rotatable bonds is 7. The van der Waals surface area contributed by atoms with Crippen LogP contribution in [0.15, 0.2) is 24.3 Å². The summed E-state index contributed by atoms with van der Waals surface area (Å²) in [5.74, 6) is 0. The molecule has 0 unspecified atom stereocenters. The average Bonchev–Trinajstić information content (AvgIpc) is 2.48. The Morgan fingerprint density at radius 1 is 1.00 bits per heavy atom. The van der Waals surface area contributed by atoms with E-state index in [2.05, 4.69) is 31.2 Å². The van der Waals surface area contributed by atoms with Crippen molar-refractivity contribution in [3.8, 4) is 0 Å². The van der Waals surface area contributed by atoms with Crippen LogP contribution in [-0.2, 0) is 11.7 Å². The number of benzene rings is 1. The van der Waals surface area contributed by atoms with E-state index in [0.29, 0.717) is 11.7 Å². The first-order valence-electron chi connectivity index (χ1n) is 8.62. The van der Waals surface area contributed by atoms with E-state index in [4.69, 9.17) is 10.0 Å². The number of hydrogen-bond acceptors (Lipinski definition) is 2. The maximum absolute atomic E-state index is 9.07. The molecule has 0 radical (unpaired) electrons. The third kappa shape index (κ3) is 4.59. The van der Waals surface area contributed by atoms with Crippen LogP contribution in [0.25, 0.3) is 0 Å². The summed E-state index contributed by atoms with van der Waals surface area (Å²) in [6, 6.07) is 8.61. The standard InChI is InChI=1S/C18H29BO2/c1-2-3-5-12-18(13-6-4-7-14-18)17-10-8-16(9-11-17)15-19(20)21/h8-11,20-21H,2-7,12-15H2,1H3. The largest absolute Gasteiger partial charge is 0.456 e. The van der Waals surface area contributed by atoms with Crippen LogP contribution in [0.4, 0.5) is 0 Å². The number of unbranched alkanes of at least 4 members (excludes halogenated alkanes) is 2. The fourth-order valence-electron chi connectivity index (χ4n) is 3.83. The lowest BCUT2D eigenvalue weighted by Gasteiger charge is -2.38. The minimum Gasteiger partial charge on any atom is -0.427 e. The van der Waals surface area contributed by atoms with Gasteiger partial charge < -0.3 is 10.0 Å². The first-order valence-corrected chi connectivity index (χ1v) is 8.62. The molecule has 116 valence electrons. The highest BCUT2D eigenvalue weighted by Gasteiger charge is 2.33. The Kier molecular flexibility index (Phi) is 6.31. The summed E-state index contributed by atoms with van der Waals surface area (Å²) in [5.41, 5.74) is 2.85. The lowest BCUT2D eigenvalue weighted by Crippen LogP contribution is -2.29. The second-order valence-electron chi connectivity index (χ2n) is 6.68. The highest BCUT2D eigenvalue weighted by atomic mass is 16.4. The maximum atomic E-state index is 9.07. The van der Waals surface area contributed by atoms with Gasteiger partial charge in [-0.2, -0.15) is 0 Å². The molecule has 0 atom stereocenters. The third-order valence-electron chi connectivity index (χ3n) is 5.05. The summed E-state index contributed by atoms with van der Waals surface area (Å²) in [5, 5.41) is 18.1. The van der Waals surface area contributed by atoms with Gasteiger partial charge in [-0.3, -0.25) is 0 Å². The molecule has 1 saturated carbocycles. The monoisotopic (exact) mass is 288 g/mol. The zero-order valence-electron chi connectivity index (χ0n) is 13.4. The van der Waals surface area contributed by atoms with Gasteiger partial charge in [0.2, 0.25) is 0 Å². The predicted octanol–water partition coefficient (Wildman–Crippen LogP) is 4.02. The normalized spacial score (nSPS) is 17.7. The van der Waals surface area contributed by atoms with Crippen LogP contribution >= 0.6 is 0 Å². The molecule has 3 heteroatoms. The Bertz CT molecular complexity index is 408. The Morgan fingerprint density at radius 3 is 2.24 bits per heavy atom. The van der Waals surface area contributed by atoms with E-state index in [1.54, 1.807) is 0 Å². The van der Waals surface area contributed by atoms with E-state index >= 15 is 0 Å². The molecular formula is C18H29BO2. The fourth-order valence-corrected chi connectivity index (χ4v) is 3.83. The van der Waals surface area contributed by atoms with Gasteiger partial charge in [0.1, 0.15) is 0 Å². The molecule has 0 spiro atoms. The van der Waals surface area contributed by atoms with Gasteiger partial charge in [0, 0.05) is 6.32 Å². The minimum atomic E-state index is -1.25. The first-order chi connectivity index (χ1) is 10.2. The summed E-state index contributed by atoms with van der Waals surface area (Å²) >= 11 is 0. The maximum Gasteiger partial charge on any atom is 0.456 e. The zero-order chi connectivity index (χ0) is 15.1. The molecule has 0 heterocycles.